The van der Waals surface area contributed by atoms with Crippen molar-refractivity contribution < 1.29 is 9.90 Å². The Bertz CT molecular complexity index is 426. The van der Waals surface area contributed by atoms with Gasteiger partial charge in [-0.05, 0) is 36.8 Å². The van der Waals surface area contributed by atoms with Gasteiger partial charge in [0.1, 0.15) is 0 Å². The molecule has 0 aromatic heterocycles. The van der Waals surface area contributed by atoms with Crippen LogP contribution in [-0.4, -0.2) is 17.8 Å². The van der Waals surface area contributed by atoms with Crippen molar-refractivity contribution in [3.63, 3.8) is 0 Å². The van der Waals surface area contributed by atoms with Crippen molar-refractivity contribution in [2.75, 3.05) is 6.61 Å². The van der Waals surface area contributed by atoms with E-state index in [0.29, 0.717) is 0 Å². The molecule has 1 N–H and O–H groups in total. The van der Waals surface area contributed by atoms with Crippen LogP contribution in [0.15, 0.2) is 29.3 Å². The van der Waals surface area contributed by atoms with Gasteiger partial charge in [0.05, 0.1) is 5.54 Å². The summed E-state index contributed by atoms with van der Waals surface area (Å²) in [5.74, 6) is 0. The first-order valence-corrected chi connectivity index (χ1v) is 6.60. The van der Waals surface area contributed by atoms with Crippen LogP contribution in [0, 0.1) is 0 Å². The second kappa shape index (κ2) is 5.94. The minimum atomic E-state index is -0.322. The number of aliphatic imine (C=N–C) groups is 1. The van der Waals surface area contributed by atoms with Gasteiger partial charge in [0.15, 0.2) is 0 Å². The van der Waals surface area contributed by atoms with Gasteiger partial charge in [0.25, 0.3) is 0 Å². The maximum atomic E-state index is 10.6. The quantitative estimate of drug-likeness (QED) is 0.640. The van der Waals surface area contributed by atoms with Gasteiger partial charge >= 0.3 is 0 Å². The van der Waals surface area contributed by atoms with Crippen molar-refractivity contribution >= 4 is 6.08 Å². The number of benzene rings is 1. The van der Waals surface area contributed by atoms with E-state index in [1.165, 1.54) is 5.56 Å². The number of hydrogen-bond acceptors (Lipinski definition) is 3. The summed E-state index contributed by atoms with van der Waals surface area (Å²) < 4.78 is 0. The molecule has 0 amide bonds. The van der Waals surface area contributed by atoms with Crippen LogP contribution >= 0.6 is 0 Å². The van der Waals surface area contributed by atoms with E-state index in [1.54, 1.807) is 6.08 Å². The lowest BCUT2D eigenvalue weighted by Gasteiger charge is -2.23. The molecular weight excluding hydrogens is 226 g/mol. The summed E-state index contributed by atoms with van der Waals surface area (Å²) in [6.07, 6.45) is 7.55. The summed E-state index contributed by atoms with van der Waals surface area (Å²) in [6, 6.07) is 8.29. The third-order valence-electron chi connectivity index (χ3n) is 3.81. The monoisotopic (exact) mass is 245 g/mol. The number of carbonyl (C=O) groups excluding carboxylic acids is 1. The highest BCUT2D eigenvalue weighted by Crippen LogP contribution is 2.42. The Morgan fingerprint density at radius 2 is 1.89 bits per heavy atom. The van der Waals surface area contributed by atoms with Crippen LogP contribution in [-0.2, 0) is 16.8 Å². The summed E-state index contributed by atoms with van der Waals surface area (Å²) in [5.41, 5.74) is 2.02. The summed E-state index contributed by atoms with van der Waals surface area (Å²) in [4.78, 5) is 14.7. The average Bonchev–Trinajstić information content (AvgIpc) is 2.87. The normalized spacial score (nSPS) is 17.4. The molecule has 0 heterocycles. The van der Waals surface area contributed by atoms with Crippen molar-refractivity contribution in [1.29, 1.82) is 0 Å². The first-order valence-electron chi connectivity index (χ1n) is 6.60. The molecule has 1 fully saturated rings. The molecule has 3 nitrogen and oxygen atoms in total. The zero-order valence-corrected chi connectivity index (χ0v) is 10.6. The van der Waals surface area contributed by atoms with Gasteiger partial charge in [-0.25, -0.2) is 4.79 Å². The van der Waals surface area contributed by atoms with E-state index >= 15 is 0 Å². The van der Waals surface area contributed by atoms with Crippen molar-refractivity contribution in [2.45, 2.75) is 44.1 Å². The number of aryl methyl sites for hydroxylation is 1. The lowest BCUT2D eigenvalue weighted by Crippen LogP contribution is -2.18. The molecule has 0 saturated heterocycles. The Morgan fingerprint density at radius 3 is 2.44 bits per heavy atom. The van der Waals surface area contributed by atoms with E-state index in [0.717, 1.165) is 44.1 Å². The molecule has 1 saturated carbocycles. The van der Waals surface area contributed by atoms with Crippen LogP contribution in [0.25, 0.3) is 0 Å². The Morgan fingerprint density at radius 1 is 1.22 bits per heavy atom. The average molecular weight is 245 g/mol. The number of isocyanates is 1. The maximum Gasteiger partial charge on any atom is 0.235 e. The van der Waals surface area contributed by atoms with Crippen LogP contribution in [0.3, 0.4) is 0 Å². The van der Waals surface area contributed by atoms with E-state index in [-0.39, 0.29) is 12.1 Å². The molecule has 0 bridgehead atoms. The zero-order valence-electron chi connectivity index (χ0n) is 10.6. The third kappa shape index (κ3) is 2.69. The fourth-order valence-corrected chi connectivity index (χ4v) is 2.78. The summed E-state index contributed by atoms with van der Waals surface area (Å²) in [5, 5.41) is 8.81. The highest BCUT2D eigenvalue weighted by Gasteiger charge is 2.35. The topological polar surface area (TPSA) is 49.7 Å². The maximum absolute atomic E-state index is 10.6. The molecule has 0 spiro atoms. The van der Waals surface area contributed by atoms with Crippen molar-refractivity contribution in [1.82, 2.24) is 0 Å². The molecule has 1 aliphatic rings. The fraction of sp³-hybridized carbons (Fsp3) is 0.533. The Hall–Kier alpha value is -1.44. The molecule has 0 unspecified atom stereocenters. The van der Waals surface area contributed by atoms with Crippen molar-refractivity contribution in [3.05, 3.63) is 35.4 Å². The summed E-state index contributed by atoms with van der Waals surface area (Å²) in [6.45, 7) is 0.223. The molecule has 0 radical (unpaired) electrons. The van der Waals surface area contributed by atoms with Crippen LogP contribution in [0.4, 0.5) is 0 Å². The molecule has 18 heavy (non-hydrogen) atoms. The molecule has 1 aromatic carbocycles. The highest BCUT2D eigenvalue weighted by molar-refractivity contribution is 5.39. The molecule has 0 aliphatic heterocycles. The fourth-order valence-electron chi connectivity index (χ4n) is 2.78. The zero-order chi connectivity index (χ0) is 12.8. The predicted octanol–water partition coefficient (Wildman–Crippen LogP) is 2.72. The molecule has 1 aliphatic carbocycles. The SMILES string of the molecule is O=C=NC1(c2ccc(CCCO)cc2)CCCC1. The van der Waals surface area contributed by atoms with E-state index < -0.39 is 0 Å². The lowest BCUT2D eigenvalue weighted by atomic mass is 9.88. The second-order valence-electron chi connectivity index (χ2n) is 4.97. The van der Waals surface area contributed by atoms with Gasteiger partial charge < -0.3 is 5.11 Å². The molecule has 1 aromatic rings. The minimum absolute atomic E-state index is 0.223. The second-order valence-corrected chi connectivity index (χ2v) is 4.97. The number of aliphatic hydroxyl groups is 1. The first kappa shape index (κ1) is 13.0. The van der Waals surface area contributed by atoms with Crippen LogP contribution < -0.4 is 0 Å². The standard InChI is InChI=1S/C15H19NO2/c17-11-3-4-13-5-7-14(8-6-13)15(16-12-18)9-1-2-10-15/h5-8,17H,1-4,9-11H2. The highest BCUT2D eigenvalue weighted by atomic mass is 16.2. The largest absolute Gasteiger partial charge is 0.396 e. The van der Waals surface area contributed by atoms with Gasteiger partial charge in [0, 0.05) is 6.61 Å². The number of nitrogens with zero attached hydrogens (tertiary/aromatic N) is 1. The summed E-state index contributed by atoms with van der Waals surface area (Å²) >= 11 is 0. The van der Waals surface area contributed by atoms with Gasteiger partial charge in [-0.2, -0.15) is 4.99 Å². The third-order valence-corrected chi connectivity index (χ3v) is 3.81. The smallest absolute Gasteiger partial charge is 0.235 e. The first-order chi connectivity index (χ1) is 8.80. The summed E-state index contributed by atoms with van der Waals surface area (Å²) in [7, 11) is 0. The predicted molar refractivity (Wildman–Crippen MR) is 70.1 cm³/mol. The van der Waals surface area contributed by atoms with Crippen molar-refractivity contribution in [3.8, 4) is 0 Å². The van der Waals surface area contributed by atoms with E-state index in [1.807, 2.05) is 0 Å². The molecule has 96 valence electrons. The van der Waals surface area contributed by atoms with Crippen LogP contribution in [0.2, 0.25) is 0 Å². The molecule has 3 heteroatoms. The minimum Gasteiger partial charge on any atom is -0.396 e. The van der Waals surface area contributed by atoms with Gasteiger partial charge in [-0.1, -0.05) is 37.1 Å². The Balaban J connectivity index is 2.19. The number of hydrogen-bond donors (Lipinski definition) is 1. The molecule has 0 atom stereocenters. The van der Waals surface area contributed by atoms with Crippen LogP contribution in [0.5, 0.6) is 0 Å². The van der Waals surface area contributed by atoms with Crippen LogP contribution in [0.1, 0.15) is 43.2 Å². The van der Waals surface area contributed by atoms with E-state index in [9.17, 15) is 4.79 Å². The number of rotatable bonds is 5. The van der Waals surface area contributed by atoms with Gasteiger partial charge in [-0.15, -0.1) is 0 Å². The molecular formula is C15H19NO2. The van der Waals surface area contributed by atoms with Crippen molar-refractivity contribution in [2.24, 2.45) is 4.99 Å². The number of aliphatic hydroxyl groups excluding tert-OH is 1. The van der Waals surface area contributed by atoms with Gasteiger partial charge in [-0.3, -0.25) is 0 Å². The van der Waals surface area contributed by atoms with E-state index in [2.05, 4.69) is 29.3 Å². The lowest BCUT2D eigenvalue weighted by molar-refractivity contribution is 0.288. The van der Waals surface area contributed by atoms with Gasteiger partial charge in [0.2, 0.25) is 6.08 Å². The Labute approximate surface area is 108 Å². The Kier molecular flexibility index (Phi) is 4.29. The van der Waals surface area contributed by atoms with E-state index in [4.69, 9.17) is 5.11 Å². The molecule has 2 rings (SSSR count).